The summed E-state index contributed by atoms with van der Waals surface area (Å²) in [5, 5.41) is 3.32. The van der Waals surface area contributed by atoms with Gasteiger partial charge in [0.25, 0.3) is 0 Å². The largest absolute Gasteiger partial charge is 0.380 e. The van der Waals surface area contributed by atoms with Crippen molar-refractivity contribution in [3.63, 3.8) is 0 Å². The molecule has 1 saturated heterocycles. The van der Waals surface area contributed by atoms with Crippen molar-refractivity contribution in [1.29, 1.82) is 0 Å². The zero-order chi connectivity index (χ0) is 16.5. The average molecular weight is 420 g/mol. The predicted octanol–water partition coefficient (Wildman–Crippen LogP) is 4.02. The van der Waals surface area contributed by atoms with Crippen molar-refractivity contribution in [2.45, 2.75) is 32.6 Å². The van der Waals surface area contributed by atoms with Crippen molar-refractivity contribution in [1.82, 2.24) is 5.32 Å². The molecule has 0 spiro atoms. The quantitative estimate of drug-likeness (QED) is 0.647. The molecule has 0 unspecified atom stereocenters. The summed E-state index contributed by atoms with van der Waals surface area (Å²) in [5.41, 5.74) is 0.946. The summed E-state index contributed by atoms with van der Waals surface area (Å²) in [4.78, 5) is 14.9. The van der Waals surface area contributed by atoms with Crippen LogP contribution in [-0.4, -0.2) is 38.8 Å². The number of benzene rings is 1. The molecule has 1 aliphatic rings. The molecule has 2 rings (SSSR count). The maximum absolute atomic E-state index is 13.0. The summed E-state index contributed by atoms with van der Waals surface area (Å²) < 4.78 is 6.67. The molecule has 0 bridgehead atoms. The van der Waals surface area contributed by atoms with Crippen molar-refractivity contribution in [3.05, 3.63) is 28.7 Å². The van der Waals surface area contributed by atoms with Gasteiger partial charge in [0.2, 0.25) is 5.91 Å². The molecular formula is C18H28BrClN2O2. The van der Waals surface area contributed by atoms with Gasteiger partial charge < -0.3 is 15.0 Å². The Bertz CT molecular complexity index is 496. The smallest absolute Gasteiger partial charge is 0.230 e. The number of hydrogen-bond acceptors (Lipinski definition) is 3. The highest BCUT2D eigenvalue weighted by Crippen LogP contribution is 2.24. The van der Waals surface area contributed by atoms with Crippen LogP contribution >= 0.6 is 28.3 Å². The molecule has 24 heavy (non-hydrogen) atoms. The first-order valence-corrected chi connectivity index (χ1v) is 9.37. The third kappa shape index (κ3) is 6.71. The van der Waals surface area contributed by atoms with E-state index in [1.54, 1.807) is 0 Å². The normalized spacial score (nSPS) is 14.9. The SMILES string of the molecule is CCCCOCCN(C(=O)C1CCNCC1)c1cccc(Br)c1.Cl. The number of piperidine rings is 1. The number of anilines is 1. The zero-order valence-corrected chi connectivity index (χ0v) is 16.7. The van der Waals surface area contributed by atoms with Gasteiger partial charge in [0.1, 0.15) is 0 Å². The molecule has 136 valence electrons. The lowest BCUT2D eigenvalue weighted by atomic mass is 9.96. The Hall–Kier alpha value is -0.620. The van der Waals surface area contributed by atoms with Gasteiger partial charge in [-0.05, 0) is 50.6 Å². The second-order valence-corrected chi connectivity index (χ2v) is 6.88. The number of nitrogens with one attached hydrogen (secondary N) is 1. The van der Waals surface area contributed by atoms with Crippen LogP contribution in [0.15, 0.2) is 28.7 Å². The third-order valence-corrected chi connectivity index (χ3v) is 4.67. The lowest BCUT2D eigenvalue weighted by molar-refractivity contribution is -0.123. The van der Waals surface area contributed by atoms with E-state index in [1.807, 2.05) is 29.2 Å². The van der Waals surface area contributed by atoms with Crippen molar-refractivity contribution in [2.24, 2.45) is 5.92 Å². The fourth-order valence-corrected chi connectivity index (χ4v) is 3.19. The van der Waals surface area contributed by atoms with Gasteiger partial charge in [-0.25, -0.2) is 0 Å². The molecule has 1 heterocycles. The van der Waals surface area contributed by atoms with E-state index in [4.69, 9.17) is 4.74 Å². The molecule has 0 aliphatic carbocycles. The van der Waals surface area contributed by atoms with E-state index in [1.165, 1.54) is 0 Å². The van der Waals surface area contributed by atoms with E-state index in [0.717, 1.165) is 55.5 Å². The highest BCUT2D eigenvalue weighted by Gasteiger charge is 2.26. The van der Waals surface area contributed by atoms with Gasteiger partial charge >= 0.3 is 0 Å². The summed E-state index contributed by atoms with van der Waals surface area (Å²) in [7, 11) is 0. The van der Waals surface area contributed by atoms with Crippen LogP contribution in [0, 0.1) is 5.92 Å². The number of amides is 1. The Kier molecular flexibility index (Phi) is 10.6. The molecule has 0 atom stereocenters. The molecular weight excluding hydrogens is 392 g/mol. The van der Waals surface area contributed by atoms with Crippen LogP contribution in [0.3, 0.4) is 0 Å². The summed E-state index contributed by atoms with van der Waals surface area (Å²) in [5.74, 6) is 0.342. The van der Waals surface area contributed by atoms with Crippen LogP contribution in [0.5, 0.6) is 0 Å². The van der Waals surface area contributed by atoms with Crippen molar-refractivity contribution in [2.75, 3.05) is 37.7 Å². The molecule has 4 nitrogen and oxygen atoms in total. The Labute approximate surface area is 159 Å². The highest BCUT2D eigenvalue weighted by atomic mass is 79.9. The van der Waals surface area contributed by atoms with Gasteiger partial charge in [-0.2, -0.15) is 0 Å². The van der Waals surface area contributed by atoms with Gasteiger partial charge in [0.05, 0.1) is 6.61 Å². The second-order valence-electron chi connectivity index (χ2n) is 5.96. The average Bonchev–Trinajstić information content (AvgIpc) is 2.58. The molecule has 0 radical (unpaired) electrons. The number of halogens is 2. The topological polar surface area (TPSA) is 41.6 Å². The van der Waals surface area contributed by atoms with E-state index in [9.17, 15) is 4.79 Å². The Balaban J connectivity index is 0.00000288. The van der Waals surface area contributed by atoms with Gasteiger partial charge in [0.15, 0.2) is 0 Å². The Morgan fingerprint density at radius 2 is 2.08 bits per heavy atom. The summed E-state index contributed by atoms with van der Waals surface area (Å²) >= 11 is 3.50. The number of carbonyl (C=O) groups excluding carboxylic acids is 1. The number of hydrogen-bond donors (Lipinski definition) is 1. The number of nitrogens with zero attached hydrogens (tertiary/aromatic N) is 1. The molecule has 1 amide bonds. The number of carbonyl (C=O) groups is 1. The molecule has 1 fully saturated rings. The first-order valence-electron chi connectivity index (χ1n) is 8.57. The van der Waals surface area contributed by atoms with Crippen LogP contribution in [0.25, 0.3) is 0 Å². The van der Waals surface area contributed by atoms with E-state index < -0.39 is 0 Å². The lowest BCUT2D eigenvalue weighted by Crippen LogP contribution is -2.42. The summed E-state index contributed by atoms with van der Waals surface area (Å²) in [6.45, 7) is 5.97. The number of ether oxygens (including phenoxy) is 1. The molecule has 6 heteroatoms. The van der Waals surface area contributed by atoms with Crippen LogP contribution in [0.2, 0.25) is 0 Å². The molecule has 0 aromatic heterocycles. The number of rotatable bonds is 8. The Morgan fingerprint density at radius 3 is 2.75 bits per heavy atom. The minimum atomic E-state index is 0. The highest BCUT2D eigenvalue weighted by molar-refractivity contribution is 9.10. The zero-order valence-electron chi connectivity index (χ0n) is 14.3. The minimum absolute atomic E-state index is 0. The van der Waals surface area contributed by atoms with Crippen molar-refractivity contribution < 1.29 is 9.53 Å². The fourth-order valence-electron chi connectivity index (χ4n) is 2.80. The monoisotopic (exact) mass is 418 g/mol. The molecule has 1 aromatic carbocycles. The van der Waals surface area contributed by atoms with E-state index in [0.29, 0.717) is 13.2 Å². The minimum Gasteiger partial charge on any atom is -0.380 e. The van der Waals surface area contributed by atoms with Crippen LogP contribution in [0.1, 0.15) is 32.6 Å². The van der Waals surface area contributed by atoms with E-state index >= 15 is 0 Å². The van der Waals surface area contributed by atoms with Gasteiger partial charge in [0, 0.05) is 29.2 Å². The summed E-state index contributed by atoms with van der Waals surface area (Å²) in [6, 6.07) is 7.95. The fraction of sp³-hybridized carbons (Fsp3) is 0.611. The maximum atomic E-state index is 13.0. The van der Waals surface area contributed by atoms with E-state index in [-0.39, 0.29) is 24.2 Å². The molecule has 1 aromatic rings. The first-order chi connectivity index (χ1) is 11.2. The Morgan fingerprint density at radius 1 is 1.33 bits per heavy atom. The summed E-state index contributed by atoms with van der Waals surface area (Å²) in [6.07, 6.45) is 4.03. The maximum Gasteiger partial charge on any atom is 0.230 e. The van der Waals surface area contributed by atoms with Crippen LogP contribution in [0.4, 0.5) is 5.69 Å². The molecule has 0 saturated carbocycles. The van der Waals surface area contributed by atoms with Crippen LogP contribution < -0.4 is 10.2 Å². The predicted molar refractivity (Wildman–Crippen MR) is 105 cm³/mol. The van der Waals surface area contributed by atoms with Gasteiger partial charge in [-0.3, -0.25) is 4.79 Å². The molecule has 1 aliphatic heterocycles. The van der Waals surface area contributed by atoms with Gasteiger partial charge in [-0.15, -0.1) is 12.4 Å². The van der Waals surface area contributed by atoms with Crippen molar-refractivity contribution in [3.8, 4) is 0 Å². The number of unbranched alkanes of at least 4 members (excludes halogenated alkanes) is 1. The molecule has 1 N–H and O–H groups in total. The van der Waals surface area contributed by atoms with Gasteiger partial charge in [-0.1, -0.05) is 35.3 Å². The third-order valence-electron chi connectivity index (χ3n) is 4.18. The lowest BCUT2D eigenvalue weighted by Gasteiger charge is -2.30. The van der Waals surface area contributed by atoms with Crippen molar-refractivity contribution >= 4 is 39.9 Å². The second kappa shape index (κ2) is 11.9. The van der Waals surface area contributed by atoms with E-state index in [2.05, 4.69) is 28.2 Å². The van der Waals surface area contributed by atoms with Crippen LogP contribution in [-0.2, 0) is 9.53 Å². The standard InChI is InChI=1S/C18H27BrN2O2.ClH/c1-2-3-12-23-13-11-21(17-6-4-5-16(19)14-17)18(22)15-7-9-20-10-8-15;/h4-6,14-15,20H,2-3,7-13H2,1H3;1H. The first kappa shape index (κ1) is 21.4.